The van der Waals surface area contributed by atoms with E-state index in [9.17, 15) is 14.7 Å². The van der Waals surface area contributed by atoms with E-state index < -0.39 is 12.0 Å². The van der Waals surface area contributed by atoms with Gasteiger partial charge in [-0.25, -0.2) is 4.79 Å². The molecule has 0 unspecified atom stereocenters. The van der Waals surface area contributed by atoms with Crippen LogP contribution in [0.1, 0.15) is 31.9 Å². The van der Waals surface area contributed by atoms with E-state index in [1.807, 2.05) is 44.3 Å². The Bertz CT molecular complexity index is 1330. The van der Waals surface area contributed by atoms with Crippen LogP contribution in [0.2, 0.25) is 0 Å². The number of thiophene rings is 1. The predicted octanol–water partition coefficient (Wildman–Crippen LogP) is 5.78. The molecule has 0 saturated carbocycles. The number of anilines is 1. The predicted molar refractivity (Wildman–Crippen MR) is 142 cm³/mol. The monoisotopic (exact) mass is 484 g/mol. The smallest absolute Gasteiger partial charge is 0.326 e. The molecule has 1 atom stereocenters. The third kappa shape index (κ3) is 5.85. The number of rotatable bonds is 10. The van der Waals surface area contributed by atoms with Crippen molar-refractivity contribution >= 4 is 28.8 Å². The van der Waals surface area contributed by atoms with Gasteiger partial charge in [-0.15, -0.1) is 11.3 Å². The Labute approximate surface area is 209 Å². The molecule has 1 heterocycles. The third-order valence-electron chi connectivity index (χ3n) is 5.94. The van der Waals surface area contributed by atoms with Crippen LogP contribution in [0, 0.1) is 6.92 Å². The third-order valence-corrected chi connectivity index (χ3v) is 6.88. The molecule has 4 rings (SSSR count). The second-order valence-corrected chi connectivity index (χ2v) is 9.45. The first-order valence-electron chi connectivity index (χ1n) is 11.5. The van der Waals surface area contributed by atoms with Gasteiger partial charge >= 0.3 is 5.97 Å². The SMILES string of the molecule is CNCc1cc(-c2ccc(C[C@H](Nc3ccccc3C(=O)c3ccccc3)C(=O)O)c(C)c2)cs1. The molecule has 0 fully saturated rings. The number of benzene rings is 3. The Morgan fingerprint density at radius 1 is 0.943 bits per heavy atom. The van der Waals surface area contributed by atoms with E-state index in [2.05, 4.69) is 28.1 Å². The number of aryl methyl sites for hydroxylation is 1. The number of carbonyl (C=O) groups is 2. The molecule has 0 spiro atoms. The molecule has 0 aliphatic heterocycles. The first kappa shape index (κ1) is 24.4. The van der Waals surface area contributed by atoms with E-state index in [4.69, 9.17) is 0 Å². The molecule has 6 heteroatoms. The number of nitrogens with one attached hydrogen (secondary N) is 2. The van der Waals surface area contributed by atoms with Crippen molar-refractivity contribution in [2.24, 2.45) is 0 Å². The maximum Gasteiger partial charge on any atom is 0.326 e. The van der Waals surface area contributed by atoms with Crippen molar-refractivity contribution in [1.82, 2.24) is 5.32 Å². The van der Waals surface area contributed by atoms with E-state index in [-0.39, 0.29) is 5.78 Å². The second-order valence-electron chi connectivity index (χ2n) is 8.45. The number of hydrogen-bond donors (Lipinski definition) is 3. The van der Waals surface area contributed by atoms with Gasteiger partial charge in [0.1, 0.15) is 6.04 Å². The largest absolute Gasteiger partial charge is 0.480 e. The zero-order chi connectivity index (χ0) is 24.8. The zero-order valence-corrected chi connectivity index (χ0v) is 20.6. The number of ketones is 1. The molecule has 0 bridgehead atoms. The summed E-state index contributed by atoms with van der Waals surface area (Å²) in [6, 6.07) is 23.5. The normalized spacial score (nSPS) is 11.7. The van der Waals surface area contributed by atoms with Crippen LogP contribution in [0.25, 0.3) is 11.1 Å². The lowest BCUT2D eigenvalue weighted by Gasteiger charge is -2.19. The van der Waals surface area contributed by atoms with Crippen LogP contribution >= 0.6 is 11.3 Å². The number of aliphatic carboxylic acids is 1. The molecule has 0 aliphatic rings. The molecular formula is C29H28N2O3S. The van der Waals surface area contributed by atoms with Crippen molar-refractivity contribution in [1.29, 1.82) is 0 Å². The minimum atomic E-state index is -0.968. The van der Waals surface area contributed by atoms with Gasteiger partial charge in [-0.1, -0.05) is 60.7 Å². The summed E-state index contributed by atoms with van der Waals surface area (Å²) < 4.78 is 0. The van der Waals surface area contributed by atoms with Gasteiger partial charge in [0.25, 0.3) is 0 Å². The molecule has 3 aromatic carbocycles. The standard InChI is InChI=1S/C29H28N2O3S/c1-19-14-22(23-15-24(17-30-2)35-18-23)13-12-21(19)16-27(29(33)34)31-26-11-7-6-10-25(26)28(32)20-8-4-3-5-9-20/h3-15,18,27,30-31H,16-17H2,1-2H3,(H,33,34)/t27-/m0/s1. The molecule has 35 heavy (non-hydrogen) atoms. The first-order valence-corrected chi connectivity index (χ1v) is 12.3. The maximum absolute atomic E-state index is 13.1. The van der Waals surface area contributed by atoms with Gasteiger partial charge in [-0.3, -0.25) is 4.79 Å². The fourth-order valence-electron chi connectivity index (χ4n) is 4.06. The number of carboxylic acids is 1. The van der Waals surface area contributed by atoms with Crippen LogP contribution in [-0.2, 0) is 17.8 Å². The van der Waals surface area contributed by atoms with Gasteiger partial charge in [0, 0.05) is 34.7 Å². The highest BCUT2D eigenvalue weighted by Gasteiger charge is 2.22. The molecule has 0 radical (unpaired) electrons. The van der Waals surface area contributed by atoms with E-state index in [0.29, 0.717) is 23.2 Å². The molecule has 0 saturated heterocycles. The summed E-state index contributed by atoms with van der Waals surface area (Å²) in [4.78, 5) is 26.5. The van der Waals surface area contributed by atoms with E-state index in [0.717, 1.165) is 28.8 Å². The minimum Gasteiger partial charge on any atom is -0.480 e. The second kappa shape index (κ2) is 11.1. The molecule has 4 aromatic rings. The highest BCUT2D eigenvalue weighted by Crippen LogP contribution is 2.28. The van der Waals surface area contributed by atoms with Gasteiger partial charge in [0.05, 0.1) is 0 Å². The van der Waals surface area contributed by atoms with Crippen LogP contribution in [0.4, 0.5) is 5.69 Å². The van der Waals surface area contributed by atoms with Crippen molar-refractivity contribution in [2.75, 3.05) is 12.4 Å². The fourth-order valence-corrected chi connectivity index (χ4v) is 4.97. The van der Waals surface area contributed by atoms with Crippen LogP contribution in [0.5, 0.6) is 0 Å². The van der Waals surface area contributed by atoms with Crippen molar-refractivity contribution in [3.63, 3.8) is 0 Å². The summed E-state index contributed by atoms with van der Waals surface area (Å²) in [6.45, 7) is 2.84. The average molecular weight is 485 g/mol. The van der Waals surface area contributed by atoms with Crippen LogP contribution < -0.4 is 10.6 Å². The van der Waals surface area contributed by atoms with Crippen molar-refractivity contribution in [2.45, 2.75) is 25.9 Å². The van der Waals surface area contributed by atoms with Crippen molar-refractivity contribution in [3.8, 4) is 11.1 Å². The molecule has 3 N–H and O–H groups in total. The summed E-state index contributed by atoms with van der Waals surface area (Å²) in [5.41, 5.74) is 5.79. The lowest BCUT2D eigenvalue weighted by atomic mass is 9.96. The topological polar surface area (TPSA) is 78.4 Å². The van der Waals surface area contributed by atoms with Gasteiger partial charge < -0.3 is 15.7 Å². The summed E-state index contributed by atoms with van der Waals surface area (Å²) >= 11 is 1.72. The number of hydrogen-bond acceptors (Lipinski definition) is 5. The Hall–Kier alpha value is -3.74. The van der Waals surface area contributed by atoms with E-state index in [1.165, 1.54) is 4.88 Å². The molecule has 0 aliphatic carbocycles. The Kier molecular flexibility index (Phi) is 7.75. The molecule has 0 amide bonds. The van der Waals surface area contributed by atoms with Gasteiger partial charge in [-0.2, -0.15) is 0 Å². The average Bonchev–Trinajstić information content (AvgIpc) is 3.34. The first-order chi connectivity index (χ1) is 17.0. The highest BCUT2D eigenvalue weighted by molar-refractivity contribution is 7.10. The van der Waals surface area contributed by atoms with Crippen molar-refractivity contribution in [3.05, 3.63) is 111 Å². The van der Waals surface area contributed by atoms with Crippen LogP contribution in [0.15, 0.2) is 84.2 Å². The fraction of sp³-hybridized carbons (Fsp3) is 0.172. The zero-order valence-electron chi connectivity index (χ0n) is 19.7. The Morgan fingerprint density at radius 3 is 2.40 bits per heavy atom. The molecule has 178 valence electrons. The molecular weight excluding hydrogens is 456 g/mol. The number of carboxylic acid groups (broad SMARTS) is 1. The summed E-state index contributed by atoms with van der Waals surface area (Å²) in [5, 5.41) is 18.4. The number of carbonyl (C=O) groups excluding carboxylic acids is 1. The Balaban J connectivity index is 1.55. The van der Waals surface area contributed by atoms with Gasteiger partial charge in [-0.05, 0) is 59.8 Å². The van der Waals surface area contributed by atoms with Crippen LogP contribution in [-0.4, -0.2) is 29.9 Å². The van der Waals surface area contributed by atoms with Gasteiger partial charge in [0.2, 0.25) is 0 Å². The summed E-state index contributed by atoms with van der Waals surface area (Å²) in [5.74, 6) is -1.11. The lowest BCUT2D eigenvalue weighted by Crippen LogP contribution is -2.32. The summed E-state index contributed by atoms with van der Waals surface area (Å²) in [7, 11) is 1.93. The molecule has 5 nitrogen and oxygen atoms in total. The molecule has 1 aromatic heterocycles. The summed E-state index contributed by atoms with van der Waals surface area (Å²) in [6.07, 6.45) is 0.296. The quantitative estimate of drug-likeness (QED) is 0.249. The van der Waals surface area contributed by atoms with Gasteiger partial charge in [0.15, 0.2) is 5.78 Å². The lowest BCUT2D eigenvalue weighted by molar-refractivity contribution is -0.137. The van der Waals surface area contributed by atoms with Crippen molar-refractivity contribution < 1.29 is 14.7 Å². The maximum atomic E-state index is 13.1. The van der Waals surface area contributed by atoms with E-state index in [1.54, 1.807) is 47.7 Å². The Morgan fingerprint density at radius 2 is 1.69 bits per heavy atom. The highest BCUT2D eigenvalue weighted by atomic mass is 32.1. The minimum absolute atomic E-state index is 0.147. The number of para-hydroxylation sites is 1. The van der Waals surface area contributed by atoms with Crippen LogP contribution in [0.3, 0.4) is 0 Å². The van der Waals surface area contributed by atoms with E-state index >= 15 is 0 Å².